The van der Waals surface area contributed by atoms with Crippen LogP contribution in [0.3, 0.4) is 0 Å². The molecule has 0 saturated heterocycles. The van der Waals surface area contributed by atoms with Gasteiger partial charge < -0.3 is 0 Å². The van der Waals surface area contributed by atoms with Crippen molar-refractivity contribution in [3.05, 3.63) is 24.0 Å². The van der Waals surface area contributed by atoms with Crippen molar-refractivity contribution in [1.29, 1.82) is 0 Å². The molecule has 14 heavy (non-hydrogen) atoms. The van der Waals surface area contributed by atoms with Gasteiger partial charge in [0.1, 0.15) is 0 Å². The minimum atomic E-state index is -4.44. The van der Waals surface area contributed by atoms with E-state index in [2.05, 4.69) is 4.98 Å². The summed E-state index contributed by atoms with van der Waals surface area (Å²) < 4.78 is 37.0. The summed E-state index contributed by atoms with van der Waals surface area (Å²) in [6.45, 7) is 1.21. The Labute approximate surface area is 82.5 Å². The van der Waals surface area contributed by atoms with Gasteiger partial charge in [0.15, 0.2) is 5.12 Å². The van der Waals surface area contributed by atoms with Gasteiger partial charge in [0, 0.05) is 24.2 Å². The normalized spacial score (nSPS) is 11.4. The van der Waals surface area contributed by atoms with Gasteiger partial charge in [-0.05, 0) is 17.8 Å². The number of rotatable bonds is 1. The lowest BCUT2D eigenvalue weighted by Crippen LogP contribution is -2.07. The molecule has 0 aliphatic carbocycles. The summed E-state index contributed by atoms with van der Waals surface area (Å²) in [4.78, 5) is 14.0. The summed E-state index contributed by atoms with van der Waals surface area (Å²) in [6.07, 6.45) is -2.36. The van der Waals surface area contributed by atoms with Crippen LogP contribution in [0.4, 0.5) is 13.2 Å². The van der Waals surface area contributed by atoms with Crippen LogP contribution in [-0.4, -0.2) is 10.1 Å². The lowest BCUT2D eigenvalue weighted by Gasteiger charge is -2.09. The van der Waals surface area contributed by atoms with E-state index in [0.717, 1.165) is 18.5 Å². The van der Waals surface area contributed by atoms with Crippen molar-refractivity contribution in [2.75, 3.05) is 0 Å². The number of carbonyl (C=O) groups excluding carboxylic acids is 1. The number of pyridine rings is 1. The molecular formula is C8H6F3NOS. The van der Waals surface area contributed by atoms with Crippen LogP contribution >= 0.6 is 11.8 Å². The standard InChI is InChI=1S/C8H6F3NOS/c1-5(13)14-7-4-12-3-2-6(7)8(9,10)11/h2-4H,1H3. The molecule has 1 aromatic heterocycles. The van der Waals surface area contributed by atoms with Crippen molar-refractivity contribution in [1.82, 2.24) is 4.98 Å². The van der Waals surface area contributed by atoms with Gasteiger partial charge in [-0.1, -0.05) is 0 Å². The number of nitrogens with zero attached hydrogens (tertiary/aromatic N) is 1. The highest BCUT2D eigenvalue weighted by Crippen LogP contribution is 2.35. The molecular weight excluding hydrogens is 215 g/mol. The molecule has 0 aliphatic heterocycles. The number of thioether (sulfide) groups is 1. The summed E-state index contributed by atoms with van der Waals surface area (Å²) in [5, 5.41) is -0.400. The number of halogens is 3. The maximum absolute atomic E-state index is 12.3. The third kappa shape index (κ3) is 2.73. The van der Waals surface area contributed by atoms with E-state index in [9.17, 15) is 18.0 Å². The number of hydrogen-bond acceptors (Lipinski definition) is 3. The second-order valence-corrected chi connectivity index (χ2v) is 3.68. The number of alkyl halides is 3. The van der Waals surface area contributed by atoms with Crippen LogP contribution in [0.2, 0.25) is 0 Å². The van der Waals surface area contributed by atoms with Crippen LogP contribution in [0.25, 0.3) is 0 Å². The Balaban J connectivity index is 3.10. The molecule has 0 N–H and O–H groups in total. The van der Waals surface area contributed by atoms with Crippen molar-refractivity contribution in [3.63, 3.8) is 0 Å². The first-order chi connectivity index (χ1) is 6.41. The number of aromatic nitrogens is 1. The Hall–Kier alpha value is -1.04. The predicted octanol–water partition coefficient (Wildman–Crippen LogP) is 2.74. The molecule has 76 valence electrons. The van der Waals surface area contributed by atoms with Crippen molar-refractivity contribution in [3.8, 4) is 0 Å². The largest absolute Gasteiger partial charge is 0.417 e. The van der Waals surface area contributed by atoms with Gasteiger partial charge in [0.25, 0.3) is 0 Å². The highest BCUT2D eigenvalue weighted by atomic mass is 32.2. The van der Waals surface area contributed by atoms with E-state index in [1.54, 1.807) is 0 Å². The Bertz CT molecular complexity index is 351. The Kier molecular flexibility index (Phi) is 3.15. The lowest BCUT2D eigenvalue weighted by molar-refractivity contribution is -0.139. The summed E-state index contributed by atoms with van der Waals surface area (Å²) in [5.41, 5.74) is -0.826. The SMILES string of the molecule is CC(=O)Sc1cnccc1C(F)(F)F. The van der Waals surface area contributed by atoms with Gasteiger partial charge in [0.05, 0.1) is 5.56 Å². The second kappa shape index (κ2) is 4.00. The molecule has 2 nitrogen and oxygen atoms in total. The molecule has 0 bridgehead atoms. The molecule has 0 unspecified atom stereocenters. The minimum Gasteiger partial charge on any atom is -0.287 e. The Morgan fingerprint density at radius 3 is 2.64 bits per heavy atom. The van der Waals surface area contributed by atoms with Gasteiger partial charge in [-0.3, -0.25) is 9.78 Å². The summed E-state index contributed by atoms with van der Waals surface area (Å²) in [5.74, 6) is 0. The first-order valence-corrected chi connectivity index (χ1v) is 4.42. The molecule has 0 spiro atoms. The van der Waals surface area contributed by atoms with Crippen LogP contribution in [0.1, 0.15) is 12.5 Å². The molecule has 0 radical (unpaired) electrons. The van der Waals surface area contributed by atoms with Crippen molar-refractivity contribution in [2.45, 2.75) is 18.0 Å². The van der Waals surface area contributed by atoms with Gasteiger partial charge in [-0.2, -0.15) is 13.2 Å². The van der Waals surface area contributed by atoms with E-state index < -0.39 is 16.9 Å². The fourth-order valence-corrected chi connectivity index (χ4v) is 1.57. The highest BCUT2D eigenvalue weighted by molar-refractivity contribution is 8.13. The third-order valence-electron chi connectivity index (χ3n) is 1.34. The van der Waals surface area contributed by atoms with E-state index in [1.807, 2.05) is 0 Å². The molecule has 6 heteroatoms. The second-order valence-electron chi connectivity index (χ2n) is 2.46. The molecule has 1 aromatic rings. The van der Waals surface area contributed by atoms with Crippen molar-refractivity contribution >= 4 is 16.9 Å². The third-order valence-corrected chi connectivity index (χ3v) is 2.18. The molecule has 0 amide bonds. The Morgan fingerprint density at radius 1 is 1.50 bits per heavy atom. The smallest absolute Gasteiger partial charge is 0.287 e. The first kappa shape index (κ1) is 11.0. The first-order valence-electron chi connectivity index (χ1n) is 3.61. The molecule has 0 aliphatic rings. The average Bonchev–Trinajstić information content (AvgIpc) is 2.01. The van der Waals surface area contributed by atoms with E-state index in [4.69, 9.17) is 0 Å². The highest BCUT2D eigenvalue weighted by Gasteiger charge is 2.33. The predicted molar refractivity (Wildman–Crippen MR) is 45.8 cm³/mol. The molecule has 0 fully saturated rings. The van der Waals surface area contributed by atoms with Crippen molar-refractivity contribution < 1.29 is 18.0 Å². The van der Waals surface area contributed by atoms with Gasteiger partial charge in [-0.15, -0.1) is 0 Å². The summed E-state index contributed by atoms with van der Waals surface area (Å²) in [6, 6.07) is 0.852. The lowest BCUT2D eigenvalue weighted by atomic mass is 10.3. The van der Waals surface area contributed by atoms with E-state index in [0.29, 0.717) is 11.8 Å². The fraction of sp³-hybridized carbons (Fsp3) is 0.250. The molecule has 0 aromatic carbocycles. The Morgan fingerprint density at radius 2 is 2.14 bits per heavy atom. The van der Waals surface area contributed by atoms with Crippen molar-refractivity contribution in [2.24, 2.45) is 0 Å². The quantitative estimate of drug-likeness (QED) is 0.683. The topological polar surface area (TPSA) is 30.0 Å². The van der Waals surface area contributed by atoms with E-state index in [-0.39, 0.29) is 4.90 Å². The fourth-order valence-electron chi connectivity index (χ4n) is 0.850. The molecule has 0 saturated carbocycles. The molecule has 1 rings (SSSR count). The maximum Gasteiger partial charge on any atom is 0.417 e. The van der Waals surface area contributed by atoms with Crippen LogP contribution in [0, 0.1) is 0 Å². The van der Waals surface area contributed by atoms with Gasteiger partial charge in [0.2, 0.25) is 0 Å². The van der Waals surface area contributed by atoms with Gasteiger partial charge >= 0.3 is 6.18 Å². The number of carbonyl (C=O) groups is 1. The monoisotopic (exact) mass is 221 g/mol. The van der Waals surface area contributed by atoms with Crippen LogP contribution < -0.4 is 0 Å². The van der Waals surface area contributed by atoms with Crippen LogP contribution in [-0.2, 0) is 11.0 Å². The summed E-state index contributed by atoms with van der Waals surface area (Å²) in [7, 11) is 0. The van der Waals surface area contributed by atoms with Crippen LogP contribution in [0.15, 0.2) is 23.4 Å². The zero-order valence-corrected chi connectivity index (χ0v) is 7.95. The molecule has 0 atom stereocenters. The average molecular weight is 221 g/mol. The summed E-state index contributed by atoms with van der Waals surface area (Å²) >= 11 is 0.531. The molecule has 1 heterocycles. The van der Waals surface area contributed by atoms with E-state index >= 15 is 0 Å². The van der Waals surface area contributed by atoms with Gasteiger partial charge in [-0.25, -0.2) is 0 Å². The zero-order valence-electron chi connectivity index (χ0n) is 7.13. The maximum atomic E-state index is 12.3. The van der Waals surface area contributed by atoms with Crippen LogP contribution in [0.5, 0.6) is 0 Å². The number of hydrogen-bond donors (Lipinski definition) is 0. The zero-order chi connectivity index (χ0) is 10.8. The minimum absolute atomic E-state index is 0.160. The van der Waals surface area contributed by atoms with E-state index in [1.165, 1.54) is 6.92 Å².